The minimum atomic E-state index is -0.230. The van der Waals surface area contributed by atoms with Crippen LogP contribution < -0.4 is 5.32 Å². The van der Waals surface area contributed by atoms with Crippen molar-refractivity contribution >= 4 is 23.2 Å². The fraction of sp³-hybridized carbons (Fsp3) is 0.571. The molecule has 1 amide bonds. The lowest BCUT2D eigenvalue weighted by molar-refractivity contribution is -0.126. The average Bonchev–Trinajstić information content (AvgIpc) is 2.35. The second-order valence-corrected chi connectivity index (χ2v) is 5.77. The van der Waals surface area contributed by atoms with E-state index in [1.54, 1.807) is 6.20 Å². The van der Waals surface area contributed by atoms with Gasteiger partial charge < -0.3 is 5.32 Å². The molecule has 1 aliphatic rings. The van der Waals surface area contributed by atoms with Gasteiger partial charge in [-0.15, -0.1) is 0 Å². The SMILES string of the molecule is Cc1cc(NC(=O)C2(C)CCCCC2)cnc1Cl. The van der Waals surface area contributed by atoms with E-state index in [9.17, 15) is 4.79 Å². The molecule has 0 spiro atoms. The largest absolute Gasteiger partial charge is 0.324 e. The zero-order valence-electron chi connectivity index (χ0n) is 10.9. The first-order chi connectivity index (χ1) is 8.51. The third-order valence-electron chi connectivity index (χ3n) is 3.78. The van der Waals surface area contributed by atoms with Gasteiger partial charge in [-0.3, -0.25) is 4.79 Å². The van der Waals surface area contributed by atoms with Crippen molar-refractivity contribution < 1.29 is 4.79 Å². The molecule has 1 fully saturated rings. The zero-order valence-corrected chi connectivity index (χ0v) is 11.7. The second-order valence-electron chi connectivity index (χ2n) is 5.41. The van der Waals surface area contributed by atoms with Crippen LogP contribution in [0, 0.1) is 12.3 Å². The molecule has 1 aliphatic carbocycles. The van der Waals surface area contributed by atoms with Crippen molar-refractivity contribution in [3.8, 4) is 0 Å². The third kappa shape index (κ3) is 2.83. The van der Waals surface area contributed by atoms with Gasteiger partial charge in [0.25, 0.3) is 0 Å². The second kappa shape index (κ2) is 5.27. The minimum Gasteiger partial charge on any atom is -0.324 e. The Hall–Kier alpha value is -1.09. The van der Waals surface area contributed by atoms with E-state index in [-0.39, 0.29) is 11.3 Å². The van der Waals surface area contributed by atoms with Crippen molar-refractivity contribution in [3.63, 3.8) is 0 Å². The first-order valence-electron chi connectivity index (χ1n) is 6.45. The van der Waals surface area contributed by atoms with E-state index < -0.39 is 0 Å². The standard InChI is InChI=1S/C14H19ClN2O/c1-10-8-11(9-16-12(10)15)17-13(18)14(2)6-4-3-5-7-14/h8-9H,3-7H2,1-2H3,(H,17,18). The van der Waals surface area contributed by atoms with Gasteiger partial charge in [-0.25, -0.2) is 4.98 Å². The summed E-state index contributed by atoms with van der Waals surface area (Å²) in [6.07, 6.45) is 7.07. The van der Waals surface area contributed by atoms with Crippen LogP contribution >= 0.6 is 11.6 Å². The van der Waals surface area contributed by atoms with Crippen molar-refractivity contribution in [1.29, 1.82) is 0 Å². The minimum absolute atomic E-state index is 0.103. The molecule has 1 saturated carbocycles. The maximum absolute atomic E-state index is 12.3. The van der Waals surface area contributed by atoms with Gasteiger partial charge in [0.1, 0.15) is 5.15 Å². The summed E-state index contributed by atoms with van der Waals surface area (Å²) in [6, 6.07) is 1.86. The molecule has 1 N–H and O–H groups in total. The predicted octanol–water partition coefficient (Wildman–Crippen LogP) is 3.95. The van der Waals surface area contributed by atoms with Gasteiger partial charge in [-0.1, -0.05) is 37.8 Å². The lowest BCUT2D eigenvalue weighted by atomic mass is 9.75. The Morgan fingerprint density at radius 1 is 1.39 bits per heavy atom. The van der Waals surface area contributed by atoms with Gasteiger partial charge >= 0.3 is 0 Å². The van der Waals surface area contributed by atoms with Crippen LogP contribution in [-0.2, 0) is 4.79 Å². The molecule has 98 valence electrons. The van der Waals surface area contributed by atoms with Crippen LogP contribution in [0.3, 0.4) is 0 Å². The highest BCUT2D eigenvalue weighted by atomic mass is 35.5. The molecule has 1 aromatic rings. The Morgan fingerprint density at radius 3 is 2.67 bits per heavy atom. The number of nitrogens with one attached hydrogen (secondary N) is 1. The fourth-order valence-electron chi connectivity index (χ4n) is 2.47. The number of amides is 1. The molecule has 3 nitrogen and oxygen atoms in total. The van der Waals surface area contributed by atoms with Gasteiger partial charge in [0.2, 0.25) is 5.91 Å². The zero-order chi connectivity index (χ0) is 13.2. The quantitative estimate of drug-likeness (QED) is 0.824. The van der Waals surface area contributed by atoms with Crippen LogP contribution in [0.15, 0.2) is 12.3 Å². The van der Waals surface area contributed by atoms with Crippen molar-refractivity contribution in [2.24, 2.45) is 5.41 Å². The van der Waals surface area contributed by atoms with Gasteiger partial charge in [0, 0.05) is 5.41 Å². The first kappa shape index (κ1) is 13.3. The highest BCUT2D eigenvalue weighted by Crippen LogP contribution is 2.36. The summed E-state index contributed by atoms with van der Waals surface area (Å²) >= 11 is 5.87. The number of hydrogen-bond donors (Lipinski definition) is 1. The van der Waals surface area contributed by atoms with Crippen LogP contribution in [0.5, 0.6) is 0 Å². The Morgan fingerprint density at radius 2 is 2.06 bits per heavy atom. The number of rotatable bonds is 2. The summed E-state index contributed by atoms with van der Waals surface area (Å²) in [7, 11) is 0. The first-order valence-corrected chi connectivity index (χ1v) is 6.83. The Balaban J connectivity index is 2.08. The van der Waals surface area contributed by atoms with Crippen LogP contribution in [0.4, 0.5) is 5.69 Å². The molecule has 1 aromatic heterocycles. The molecule has 4 heteroatoms. The molecule has 0 aliphatic heterocycles. The molecular formula is C14H19ClN2O. The number of nitrogens with zero attached hydrogens (tertiary/aromatic N) is 1. The number of carbonyl (C=O) groups excluding carboxylic acids is 1. The molecular weight excluding hydrogens is 248 g/mol. The molecule has 0 aromatic carbocycles. The van der Waals surface area contributed by atoms with Gasteiger partial charge in [0.15, 0.2) is 0 Å². The lowest BCUT2D eigenvalue weighted by Gasteiger charge is -2.31. The number of halogens is 1. The van der Waals surface area contributed by atoms with E-state index in [1.165, 1.54) is 6.42 Å². The monoisotopic (exact) mass is 266 g/mol. The van der Waals surface area contributed by atoms with Gasteiger partial charge in [0.05, 0.1) is 11.9 Å². The fourth-order valence-corrected chi connectivity index (χ4v) is 2.57. The van der Waals surface area contributed by atoms with Gasteiger partial charge in [-0.2, -0.15) is 0 Å². The molecule has 18 heavy (non-hydrogen) atoms. The third-order valence-corrected chi connectivity index (χ3v) is 4.17. The van der Waals surface area contributed by atoms with Crippen molar-refractivity contribution in [2.75, 3.05) is 5.32 Å². The number of pyridine rings is 1. The highest BCUT2D eigenvalue weighted by molar-refractivity contribution is 6.30. The summed E-state index contributed by atoms with van der Waals surface area (Å²) < 4.78 is 0. The number of anilines is 1. The maximum Gasteiger partial charge on any atom is 0.230 e. The molecule has 0 radical (unpaired) electrons. The van der Waals surface area contributed by atoms with E-state index in [4.69, 9.17) is 11.6 Å². The Bertz CT molecular complexity index is 453. The lowest BCUT2D eigenvalue weighted by Crippen LogP contribution is -2.35. The van der Waals surface area contributed by atoms with Crippen molar-refractivity contribution in [2.45, 2.75) is 46.0 Å². The van der Waals surface area contributed by atoms with Crippen molar-refractivity contribution in [3.05, 3.63) is 23.0 Å². The van der Waals surface area contributed by atoms with E-state index in [1.807, 2.05) is 13.0 Å². The molecule has 0 bridgehead atoms. The predicted molar refractivity (Wildman–Crippen MR) is 73.8 cm³/mol. The maximum atomic E-state index is 12.3. The normalized spacial score (nSPS) is 18.4. The molecule has 0 unspecified atom stereocenters. The summed E-state index contributed by atoms with van der Waals surface area (Å²) in [5.74, 6) is 0.103. The molecule has 1 heterocycles. The number of aromatic nitrogens is 1. The average molecular weight is 267 g/mol. The number of aryl methyl sites for hydroxylation is 1. The summed E-state index contributed by atoms with van der Waals surface area (Å²) in [5, 5.41) is 3.44. The molecule has 2 rings (SSSR count). The summed E-state index contributed by atoms with van der Waals surface area (Å²) in [6.45, 7) is 3.94. The Kier molecular flexibility index (Phi) is 3.91. The smallest absolute Gasteiger partial charge is 0.230 e. The van der Waals surface area contributed by atoms with Gasteiger partial charge in [-0.05, 0) is 31.4 Å². The van der Waals surface area contributed by atoms with Crippen LogP contribution in [-0.4, -0.2) is 10.9 Å². The van der Waals surface area contributed by atoms with E-state index in [2.05, 4.69) is 17.2 Å². The summed E-state index contributed by atoms with van der Waals surface area (Å²) in [5.41, 5.74) is 1.38. The topological polar surface area (TPSA) is 42.0 Å². The number of carbonyl (C=O) groups is 1. The van der Waals surface area contributed by atoms with Crippen LogP contribution in [0.25, 0.3) is 0 Å². The van der Waals surface area contributed by atoms with Crippen molar-refractivity contribution in [1.82, 2.24) is 4.98 Å². The highest BCUT2D eigenvalue weighted by Gasteiger charge is 2.34. The van der Waals surface area contributed by atoms with Crippen LogP contribution in [0.1, 0.15) is 44.6 Å². The Labute approximate surface area is 113 Å². The summed E-state index contributed by atoms with van der Waals surface area (Å²) in [4.78, 5) is 16.4. The van der Waals surface area contributed by atoms with E-state index >= 15 is 0 Å². The molecule has 0 atom stereocenters. The van der Waals surface area contributed by atoms with E-state index in [0.29, 0.717) is 5.15 Å². The molecule has 0 saturated heterocycles. The van der Waals surface area contributed by atoms with Crippen LogP contribution in [0.2, 0.25) is 5.15 Å². The van der Waals surface area contributed by atoms with E-state index in [0.717, 1.165) is 36.9 Å². The number of hydrogen-bond acceptors (Lipinski definition) is 2.